The number of allylic oxidation sites excluding steroid dienone is 18. The minimum absolute atomic E-state index is 0.281. The smallest absolute Gasteiger partial charge is 0.0348 e. The molecule has 0 aromatic heterocycles. The third kappa shape index (κ3) is 3.16. The third-order valence-electron chi connectivity index (χ3n) is 9.82. The SMILES string of the molecule is C\C=C/C=C1\C(=C/C)C2C(=C/C)/C(=C\C)C1c1c(C)c3c(c(C)c12)C1C(=C/C)/C(=C\C)C3C(=C/C)/C1=C\C. The molecule has 2 unspecified atom stereocenters. The van der Waals surface area contributed by atoms with E-state index in [2.05, 4.69) is 130 Å². The van der Waals surface area contributed by atoms with E-state index in [9.17, 15) is 0 Å². The van der Waals surface area contributed by atoms with Crippen LogP contribution in [0.25, 0.3) is 0 Å². The molecule has 0 heterocycles. The van der Waals surface area contributed by atoms with Gasteiger partial charge in [0.15, 0.2) is 0 Å². The van der Waals surface area contributed by atoms with Gasteiger partial charge in [-0.05, 0) is 147 Å². The first-order valence-electron chi connectivity index (χ1n) is 14.6. The first-order valence-corrected chi connectivity index (χ1v) is 14.6. The molecule has 4 bridgehead atoms. The van der Waals surface area contributed by atoms with Crippen LogP contribution in [-0.2, 0) is 0 Å². The summed E-state index contributed by atoms with van der Waals surface area (Å²) >= 11 is 0. The van der Waals surface area contributed by atoms with Gasteiger partial charge in [0, 0.05) is 23.7 Å². The van der Waals surface area contributed by atoms with Crippen LogP contribution in [0.4, 0.5) is 0 Å². The predicted octanol–water partition coefficient (Wildman–Crippen LogP) is 10.8. The molecule has 2 fully saturated rings. The Bertz CT molecular complexity index is 1460. The Morgan fingerprint density at radius 3 is 0.842 bits per heavy atom. The lowest BCUT2D eigenvalue weighted by molar-refractivity contribution is 0.667. The summed E-state index contributed by atoms with van der Waals surface area (Å²) in [6.45, 7) is 22.6. The highest BCUT2D eigenvalue weighted by Crippen LogP contribution is 2.67. The first kappa shape index (κ1) is 26.5. The predicted molar refractivity (Wildman–Crippen MR) is 166 cm³/mol. The van der Waals surface area contributed by atoms with Crippen molar-refractivity contribution in [1.82, 2.24) is 0 Å². The van der Waals surface area contributed by atoms with Crippen molar-refractivity contribution in [3.05, 3.63) is 139 Å². The van der Waals surface area contributed by atoms with Crippen LogP contribution in [0.15, 0.2) is 105 Å². The monoisotopic (exact) mass is 500 g/mol. The maximum Gasteiger partial charge on any atom is 0.0348 e. The fourth-order valence-corrected chi connectivity index (χ4v) is 8.56. The van der Waals surface area contributed by atoms with E-state index >= 15 is 0 Å². The van der Waals surface area contributed by atoms with Gasteiger partial charge in [0.1, 0.15) is 0 Å². The van der Waals surface area contributed by atoms with Gasteiger partial charge in [-0.15, -0.1) is 0 Å². The van der Waals surface area contributed by atoms with Crippen LogP contribution in [0.5, 0.6) is 0 Å². The van der Waals surface area contributed by atoms with Gasteiger partial charge < -0.3 is 0 Å². The molecular weight excluding hydrogens is 456 g/mol. The van der Waals surface area contributed by atoms with E-state index in [1.54, 1.807) is 22.3 Å². The number of hydrogen-bond acceptors (Lipinski definition) is 0. The number of hydrogen-bond donors (Lipinski definition) is 0. The van der Waals surface area contributed by atoms with E-state index in [4.69, 9.17) is 0 Å². The van der Waals surface area contributed by atoms with Gasteiger partial charge in [-0.25, -0.2) is 0 Å². The molecule has 6 aliphatic carbocycles. The van der Waals surface area contributed by atoms with E-state index in [1.807, 2.05) is 0 Å². The van der Waals surface area contributed by atoms with Gasteiger partial charge in [0.2, 0.25) is 0 Å². The van der Waals surface area contributed by atoms with Crippen molar-refractivity contribution in [2.75, 3.05) is 0 Å². The van der Waals surface area contributed by atoms with Crippen molar-refractivity contribution in [3.8, 4) is 0 Å². The maximum atomic E-state index is 2.44. The summed E-state index contributed by atoms with van der Waals surface area (Å²) in [6, 6.07) is 0. The highest BCUT2D eigenvalue weighted by molar-refractivity contribution is 5.82. The highest BCUT2D eigenvalue weighted by Gasteiger charge is 2.52. The summed E-state index contributed by atoms with van der Waals surface area (Å²) in [7, 11) is 0. The summed E-state index contributed by atoms with van der Waals surface area (Å²) < 4.78 is 0. The average molecular weight is 501 g/mol. The molecule has 196 valence electrons. The van der Waals surface area contributed by atoms with Crippen molar-refractivity contribution < 1.29 is 0 Å². The van der Waals surface area contributed by atoms with Crippen LogP contribution < -0.4 is 0 Å². The second-order valence-electron chi connectivity index (χ2n) is 11.0. The van der Waals surface area contributed by atoms with Crippen molar-refractivity contribution in [2.45, 2.75) is 92.9 Å². The highest BCUT2D eigenvalue weighted by atomic mass is 14.5. The summed E-state index contributed by atoms with van der Waals surface area (Å²) in [6.07, 6.45) is 23.5. The van der Waals surface area contributed by atoms with Crippen LogP contribution in [0, 0.1) is 13.8 Å². The molecule has 1 aromatic rings. The summed E-state index contributed by atoms with van der Waals surface area (Å²) in [5, 5.41) is 0. The van der Waals surface area contributed by atoms with Crippen molar-refractivity contribution >= 4 is 0 Å². The Morgan fingerprint density at radius 1 is 0.368 bits per heavy atom. The quantitative estimate of drug-likeness (QED) is 0.360. The van der Waals surface area contributed by atoms with Crippen molar-refractivity contribution in [3.63, 3.8) is 0 Å². The second-order valence-corrected chi connectivity index (χ2v) is 11.0. The molecule has 0 nitrogen and oxygen atoms in total. The van der Waals surface area contributed by atoms with Gasteiger partial charge in [0.05, 0.1) is 0 Å². The standard InChI is InChI=1S/C38H44/c1-11-19-20-30-29(18-8)37-27(16-6)28(17-7)38(30)34-22(10)32-31(21(9)33(34)37)35-23(12-2)25(14-4)36(32)26(15-5)24(35)13-3/h11-20,35-38H,1-10H3/b19-11-,23-12+,24-13+,25-14+,26-15+,27-16+,28-17+,29-18+,30-20+. The largest absolute Gasteiger partial charge is 0.0877 e. The molecule has 0 N–H and O–H groups in total. The van der Waals surface area contributed by atoms with Gasteiger partial charge in [-0.2, -0.15) is 0 Å². The minimum atomic E-state index is 0.281. The average Bonchev–Trinajstić information content (AvgIpc) is 2.95. The van der Waals surface area contributed by atoms with Gasteiger partial charge in [-0.3, -0.25) is 0 Å². The van der Waals surface area contributed by atoms with Gasteiger partial charge >= 0.3 is 0 Å². The normalized spacial score (nSPS) is 34.4. The topological polar surface area (TPSA) is 0 Å². The summed E-state index contributed by atoms with van der Waals surface area (Å²) in [5.41, 5.74) is 21.4. The molecule has 2 saturated carbocycles. The molecule has 1 aromatic carbocycles. The number of rotatable bonds is 1. The molecule has 0 radical (unpaired) electrons. The summed E-state index contributed by atoms with van der Waals surface area (Å²) in [4.78, 5) is 0. The van der Waals surface area contributed by atoms with Crippen LogP contribution in [0.1, 0.15) is 112 Å². The maximum absolute atomic E-state index is 2.44. The fraction of sp³-hybridized carbons (Fsp3) is 0.368. The molecular formula is C38H44. The Kier molecular flexibility index (Phi) is 6.89. The Hall–Kier alpha value is -3.12. The van der Waals surface area contributed by atoms with E-state index in [0.29, 0.717) is 17.8 Å². The summed E-state index contributed by atoms with van der Waals surface area (Å²) in [5.74, 6) is 1.20. The molecule has 0 heteroatoms. The molecule has 0 spiro atoms. The van der Waals surface area contributed by atoms with E-state index < -0.39 is 0 Å². The number of fused-ring (bicyclic) bond motifs is 4. The fourth-order valence-electron chi connectivity index (χ4n) is 8.56. The molecule has 0 saturated heterocycles. The Morgan fingerprint density at radius 2 is 0.605 bits per heavy atom. The van der Waals surface area contributed by atoms with Crippen LogP contribution in [-0.4, -0.2) is 0 Å². The van der Waals surface area contributed by atoms with Crippen molar-refractivity contribution in [2.24, 2.45) is 0 Å². The minimum Gasteiger partial charge on any atom is -0.0877 e. The molecule has 38 heavy (non-hydrogen) atoms. The molecule has 0 aliphatic heterocycles. The lowest BCUT2D eigenvalue weighted by atomic mass is 9.50. The number of benzene rings is 1. The zero-order valence-electron chi connectivity index (χ0n) is 25.1. The van der Waals surface area contributed by atoms with Crippen molar-refractivity contribution in [1.29, 1.82) is 0 Å². The van der Waals surface area contributed by atoms with Crippen LogP contribution in [0.3, 0.4) is 0 Å². The Labute approximate surface area is 231 Å². The molecule has 7 rings (SSSR count). The zero-order valence-corrected chi connectivity index (χ0v) is 25.1. The lowest BCUT2D eigenvalue weighted by Gasteiger charge is -2.53. The zero-order chi connectivity index (χ0) is 27.5. The van der Waals surface area contributed by atoms with Crippen LogP contribution in [0.2, 0.25) is 0 Å². The lowest BCUT2D eigenvalue weighted by Crippen LogP contribution is -2.37. The van der Waals surface area contributed by atoms with E-state index in [0.717, 1.165) is 0 Å². The first-order chi connectivity index (χ1) is 18.4. The van der Waals surface area contributed by atoms with Crippen LogP contribution >= 0.6 is 0 Å². The van der Waals surface area contributed by atoms with Gasteiger partial charge in [0.25, 0.3) is 0 Å². The molecule has 2 atom stereocenters. The van der Waals surface area contributed by atoms with E-state index in [-0.39, 0.29) is 5.92 Å². The Balaban J connectivity index is 1.99. The van der Waals surface area contributed by atoms with E-state index in [1.165, 1.54) is 55.7 Å². The molecule has 6 aliphatic rings. The molecule has 0 amide bonds. The third-order valence-corrected chi connectivity index (χ3v) is 9.82. The second kappa shape index (κ2) is 9.88. The van der Waals surface area contributed by atoms with Gasteiger partial charge in [-0.1, -0.05) is 60.8 Å².